The largest absolute Gasteiger partial charge is 0.497 e. The van der Waals surface area contributed by atoms with Gasteiger partial charge in [0.1, 0.15) is 11.8 Å². The number of nitrogens with one attached hydrogen (secondary N) is 1. The molecule has 23 heavy (non-hydrogen) atoms. The smallest absolute Gasteiger partial charge is 0.246 e. The van der Waals surface area contributed by atoms with Crippen LogP contribution in [0.2, 0.25) is 0 Å². The van der Waals surface area contributed by atoms with Crippen molar-refractivity contribution in [2.45, 2.75) is 6.04 Å². The van der Waals surface area contributed by atoms with Crippen LogP contribution in [0.4, 0.5) is 5.69 Å². The van der Waals surface area contributed by atoms with E-state index < -0.39 is 0 Å². The molecular weight excluding hydrogens is 314 g/mol. The van der Waals surface area contributed by atoms with Crippen LogP contribution in [0.15, 0.2) is 24.3 Å². The number of hydrogen-bond donors (Lipinski definition) is 1. The zero-order valence-corrected chi connectivity index (χ0v) is 14.0. The summed E-state index contributed by atoms with van der Waals surface area (Å²) in [5, 5.41) is 2.79. The molecule has 0 bridgehead atoms. The van der Waals surface area contributed by atoms with Crippen LogP contribution in [-0.2, 0) is 9.59 Å². The van der Waals surface area contributed by atoms with Gasteiger partial charge in [0.25, 0.3) is 0 Å². The quantitative estimate of drug-likeness (QED) is 0.875. The van der Waals surface area contributed by atoms with Crippen LogP contribution in [-0.4, -0.2) is 67.6 Å². The maximum atomic E-state index is 12.5. The van der Waals surface area contributed by atoms with Crippen molar-refractivity contribution in [3.8, 4) is 5.75 Å². The Morgan fingerprint density at radius 1 is 1.22 bits per heavy atom. The second-order valence-electron chi connectivity index (χ2n) is 5.65. The molecule has 0 aliphatic carbocycles. The lowest BCUT2D eigenvalue weighted by atomic mass is 10.2. The molecule has 1 unspecified atom stereocenters. The molecule has 2 fully saturated rings. The molecule has 1 atom stereocenters. The lowest BCUT2D eigenvalue weighted by molar-refractivity contribution is -0.135. The lowest BCUT2D eigenvalue weighted by Crippen LogP contribution is -2.57. The molecule has 2 amide bonds. The van der Waals surface area contributed by atoms with Gasteiger partial charge in [-0.05, 0) is 24.3 Å². The van der Waals surface area contributed by atoms with Crippen LogP contribution in [0.3, 0.4) is 0 Å². The molecule has 1 aromatic rings. The fourth-order valence-electron chi connectivity index (χ4n) is 2.88. The number of rotatable bonds is 3. The summed E-state index contributed by atoms with van der Waals surface area (Å²) in [5.41, 5.74) is 1.14. The summed E-state index contributed by atoms with van der Waals surface area (Å²) in [6.45, 7) is 2.96. The number of benzene rings is 1. The normalized spacial score (nSPS) is 21.8. The summed E-state index contributed by atoms with van der Waals surface area (Å²) in [4.78, 5) is 28.0. The fraction of sp³-hybridized carbons (Fsp3) is 0.500. The number of methoxy groups -OCH3 is 1. The number of nitrogens with zero attached hydrogens (tertiary/aromatic N) is 2. The number of carbonyl (C=O) groups is 2. The standard InChI is InChI=1S/C16H21N3O3S/c1-22-13-4-2-12(3-5-13)18-6-8-19(9-7-18)16(21)14-10-23-11-15(20)17-14/h2-5,14H,6-11H2,1H3,(H,17,20). The molecule has 0 spiro atoms. The van der Waals surface area contributed by atoms with E-state index in [1.54, 1.807) is 7.11 Å². The van der Waals surface area contributed by atoms with E-state index in [-0.39, 0.29) is 17.9 Å². The predicted molar refractivity (Wildman–Crippen MR) is 91.0 cm³/mol. The van der Waals surface area contributed by atoms with Crippen LogP contribution in [0, 0.1) is 0 Å². The summed E-state index contributed by atoms with van der Waals surface area (Å²) in [5.74, 6) is 1.96. The average molecular weight is 335 g/mol. The maximum absolute atomic E-state index is 12.5. The molecule has 0 saturated carbocycles. The van der Waals surface area contributed by atoms with Crippen molar-refractivity contribution in [3.63, 3.8) is 0 Å². The maximum Gasteiger partial charge on any atom is 0.246 e. The van der Waals surface area contributed by atoms with E-state index in [1.807, 2.05) is 29.2 Å². The first-order valence-corrected chi connectivity index (χ1v) is 8.88. The van der Waals surface area contributed by atoms with Crippen molar-refractivity contribution in [2.24, 2.45) is 0 Å². The molecular formula is C16H21N3O3S. The van der Waals surface area contributed by atoms with Gasteiger partial charge in [-0.15, -0.1) is 11.8 Å². The summed E-state index contributed by atoms with van der Waals surface area (Å²) >= 11 is 1.52. The van der Waals surface area contributed by atoms with Gasteiger partial charge >= 0.3 is 0 Å². The summed E-state index contributed by atoms with van der Waals surface area (Å²) in [6.07, 6.45) is 0. The second kappa shape index (κ2) is 7.12. The lowest BCUT2D eigenvalue weighted by Gasteiger charge is -2.38. The molecule has 2 saturated heterocycles. The van der Waals surface area contributed by atoms with Gasteiger partial charge in [-0.3, -0.25) is 9.59 Å². The summed E-state index contributed by atoms with van der Waals surface area (Å²) < 4.78 is 5.17. The zero-order chi connectivity index (χ0) is 16.2. The molecule has 6 nitrogen and oxygen atoms in total. The highest BCUT2D eigenvalue weighted by molar-refractivity contribution is 8.00. The van der Waals surface area contributed by atoms with Crippen LogP contribution >= 0.6 is 11.8 Å². The zero-order valence-electron chi connectivity index (χ0n) is 13.2. The Hall–Kier alpha value is -1.89. The van der Waals surface area contributed by atoms with E-state index in [9.17, 15) is 9.59 Å². The number of ether oxygens (including phenoxy) is 1. The molecule has 2 aliphatic rings. The van der Waals surface area contributed by atoms with E-state index in [0.717, 1.165) is 24.5 Å². The predicted octanol–water partition coefficient (Wildman–Crippen LogP) is 0.575. The summed E-state index contributed by atoms with van der Waals surface area (Å²) in [6, 6.07) is 7.60. The van der Waals surface area contributed by atoms with Gasteiger partial charge < -0.3 is 19.9 Å². The Morgan fingerprint density at radius 2 is 1.91 bits per heavy atom. The first-order chi connectivity index (χ1) is 11.2. The van der Waals surface area contributed by atoms with E-state index in [2.05, 4.69) is 10.2 Å². The fourth-order valence-corrected chi connectivity index (χ4v) is 3.73. The van der Waals surface area contributed by atoms with Crippen molar-refractivity contribution in [2.75, 3.05) is 49.7 Å². The van der Waals surface area contributed by atoms with E-state index >= 15 is 0 Å². The first-order valence-electron chi connectivity index (χ1n) is 7.72. The molecule has 1 N–H and O–H groups in total. The highest BCUT2D eigenvalue weighted by Crippen LogP contribution is 2.21. The molecule has 7 heteroatoms. The molecule has 1 aromatic carbocycles. The van der Waals surface area contributed by atoms with Gasteiger partial charge in [0.15, 0.2) is 0 Å². The van der Waals surface area contributed by atoms with Gasteiger partial charge in [-0.2, -0.15) is 0 Å². The molecule has 3 rings (SSSR count). The van der Waals surface area contributed by atoms with E-state index in [0.29, 0.717) is 24.6 Å². The third-order valence-electron chi connectivity index (χ3n) is 4.18. The van der Waals surface area contributed by atoms with Crippen molar-refractivity contribution in [1.29, 1.82) is 0 Å². The Bertz CT molecular complexity index is 570. The highest BCUT2D eigenvalue weighted by atomic mass is 32.2. The molecule has 124 valence electrons. The SMILES string of the molecule is COc1ccc(N2CCN(C(=O)C3CSCC(=O)N3)CC2)cc1. The minimum atomic E-state index is -0.367. The second-order valence-corrected chi connectivity index (χ2v) is 6.68. The van der Waals surface area contributed by atoms with Gasteiger partial charge in [0.05, 0.1) is 12.9 Å². The van der Waals surface area contributed by atoms with E-state index in [4.69, 9.17) is 4.74 Å². The van der Waals surface area contributed by atoms with Crippen molar-refractivity contribution >= 4 is 29.3 Å². The number of amides is 2. The monoisotopic (exact) mass is 335 g/mol. The van der Waals surface area contributed by atoms with Crippen LogP contribution in [0.1, 0.15) is 0 Å². The Kier molecular flexibility index (Phi) is 4.95. The van der Waals surface area contributed by atoms with Crippen molar-refractivity contribution < 1.29 is 14.3 Å². The number of anilines is 1. The Morgan fingerprint density at radius 3 is 2.52 bits per heavy atom. The van der Waals surface area contributed by atoms with E-state index in [1.165, 1.54) is 11.8 Å². The summed E-state index contributed by atoms with van der Waals surface area (Å²) in [7, 11) is 1.65. The minimum Gasteiger partial charge on any atom is -0.497 e. The third-order valence-corrected chi connectivity index (χ3v) is 5.22. The number of thioether (sulfide) groups is 1. The van der Waals surface area contributed by atoms with Crippen molar-refractivity contribution in [1.82, 2.24) is 10.2 Å². The van der Waals surface area contributed by atoms with Gasteiger partial charge in [-0.1, -0.05) is 0 Å². The van der Waals surface area contributed by atoms with Crippen LogP contribution in [0.25, 0.3) is 0 Å². The van der Waals surface area contributed by atoms with Gasteiger partial charge in [0, 0.05) is 37.6 Å². The molecule has 2 aliphatic heterocycles. The van der Waals surface area contributed by atoms with Crippen LogP contribution in [0.5, 0.6) is 5.75 Å². The average Bonchev–Trinajstić information content (AvgIpc) is 2.61. The number of hydrogen-bond acceptors (Lipinski definition) is 5. The van der Waals surface area contributed by atoms with Gasteiger partial charge in [0.2, 0.25) is 11.8 Å². The Labute approximate surface area is 140 Å². The number of piperazine rings is 1. The Balaban J connectivity index is 1.55. The topological polar surface area (TPSA) is 61.9 Å². The first kappa shape index (κ1) is 16.0. The highest BCUT2D eigenvalue weighted by Gasteiger charge is 2.30. The van der Waals surface area contributed by atoms with Crippen LogP contribution < -0.4 is 15.0 Å². The molecule has 2 heterocycles. The molecule has 0 aromatic heterocycles. The molecule has 0 radical (unpaired) electrons. The minimum absolute atomic E-state index is 0.0416. The van der Waals surface area contributed by atoms with Crippen molar-refractivity contribution in [3.05, 3.63) is 24.3 Å². The van der Waals surface area contributed by atoms with Gasteiger partial charge in [-0.25, -0.2) is 0 Å². The third kappa shape index (κ3) is 3.72. The number of carbonyl (C=O) groups excluding carboxylic acids is 2.